The number of hydrogen-bond acceptors (Lipinski definition) is 5. The van der Waals surface area contributed by atoms with Gasteiger partial charge in [0.25, 0.3) is 5.91 Å². The summed E-state index contributed by atoms with van der Waals surface area (Å²) < 4.78 is 5.26. The molecule has 1 aliphatic heterocycles. The summed E-state index contributed by atoms with van der Waals surface area (Å²) in [6, 6.07) is 5.65. The Kier molecular flexibility index (Phi) is 7.33. The molecule has 10 heteroatoms. The fraction of sp³-hybridized carbons (Fsp3) is 0.444. The molecule has 1 atom stereocenters. The third-order valence-electron chi connectivity index (χ3n) is 4.30. The van der Waals surface area contributed by atoms with E-state index in [1.54, 1.807) is 36.1 Å². The van der Waals surface area contributed by atoms with Crippen molar-refractivity contribution in [2.75, 3.05) is 19.7 Å². The molecular weight excluding hydrogens is 366 g/mol. The molecule has 0 unspecified atom stereocenters. The summed E-state index contributed by atoms with van der Waals surface area (Å²) in [7, 11) is 0. The van der Waals surface area contributed by atoms with Crippen LogP contribution in [0, 0.1) is 0 Å². The Hall–Kier alpha value is -3.14. The summed E-state index contributed by atoms with van der Waals surface area (Å²) in [4.78, 5) is 40.9. The summed E-state index contributed by atoms with van der Waals surface area (Å²) in [5, 5.41) is 11.3. The van der Waals surface area contributed by atoms with Gasteiger partial charge in [-0.25, -0.2) is 9.79 Å². The average Bonchev–Trinajstić information content (AvgIpc) is 2.66. The maximum absolute atomic E-state index is 12.5. The van der Waals surface area contributed by atoms with Crippen molar-refractivity contribution in [1.29, 1.82) is 0 Å². The van der Waals surface area contributed by atoms with Gasteiger partial charge in [0.2, 0.25) is 5.91 Å². The summed E-state index contributed by atoms with van der Waals surface area (Å²) >= 11 is 0. The predicted molar refractivity (Wildman–Crippen MR) is 102 cm³/mol. The highest BCUT2D eigenvalue weighted by atomic mass is 16.5. The minimum atomic E-state index is -1.01. The number of hydrogen-bond donors (Lipinski definition) is 4. The number of nitrogens with two attached hydrogens (primary N) is 2. The van der Waals surface area contributed by atoms with Gasteiger partial charge in [0, 0.05) is 18.7 Å². The molecule has 0 aliphatic carbocycles. The number of carboxylic acids is 1. The summed E-state index contributed by atoms with van der Waals surface area (Å²) in [5.41, 5.74) is 11.5. The number of piperidine rings is 1. The van der Waals surface area contributed by atoms with Crippen LogP contribution in [-0.4, -0.2) is 65.6 Å². The summed E-state index contributed by atoms with van der Waals surface area (Å²) in [6.45, 7) is 2.20. The number of aliphatic carboxylic acids is 1. The molecule has 10 nitrogen and oxygen atoms in total. The molecule has 0 radical (unpaired) electrons. The van der Waals surface area contributed by atoms with E-state index in [9.17, 15) is 14.4 Å². The van der Waals surface area contributed by atoms with Crippen molar-refractivity contribution < 1.29 is 24.2 Å². The van der Waals surface area contributed by atoms with E-state index in [2.05, 4.69) is 10.3 Å². The number of guanidine groups is 1. The van der Waals surface area contributed by atoms with Gasteiger partial charge in [-0.1, -0.05) is 0 Å². The SMILES string of the molecule is C[C@H](NC(=O)c1ccc(N=C(N)N)cc1)C(=O)N1CCC(OCC(=O)O)CC1. The number of aliphatic imine (C=N–C) groups is 1. The molecule has 6 N–H and O–H groups in total. The standard InChI is InChI=1S/C18H25N5O5/c1-11(17(27)23-8-6-14(7-9-23)28-10-15(24)25)21-16(26)12-2-4-13(5-3-12)22-18(19)20/h2-5,11,14H,6-10H2,1H3,(H,21,26)(H,24,25)(H4,19,20,22)/t11-/m0/s1. The second-order valence-electron chi connectivity index (χ2n) is 6.51. The molecule has 1 fully saturated rings. The second kappa shape index (κ2) is 9.70. The zero-order chi connectivity index (χ0) is 20.7. The van der Waals surface area contributed by atoms with Gasteiger partial charge in [-0.05, 0) is 44.0 Å². The normalized spacial score (nSPS) is 15.5. The minimum absolute atomic E-state index is 0.0754. The van der Waals surface area contributed by atoms with Crippen LogP contribution >= 0.6 is 0 Å². The monoisotopic (exact) mass is 391 g/mol. The number of nitrogens with zero attached hydrogens (tertiary/aromatic N) is 2. The molecule has 0 aromatic heterocycles. The van der Waals surface area contributed by atoms with Crippen molar-refractivity contribution in [3.05, 3.63) is 29.8 Å². The Morgan fingerprint density at radius 3 is 2.39 bits per heavy atom. The van der Waals surface area contributed by atoms with Gasteiger partial charge in [0.1, 0.15) is 12.6 Å². The Bertz CT molecular complexity index is 737. The molecule has 2 rings (SSSR count). The van der Waals surface area contributed by atoms with Gasteiger partial charge >= 0.3 is 5.97 Å². The predicted octanol–water partition coefficient (Wildman–Crippen LogP) is -0.198. The van der Waals surface area contributed by atoms with Crippen molar-refractivity contribution in [3.63, 3.8) is 0 Å². The zero-order valence-electron chi connectivity index (χ0n) is 15.6. The van der Waals surface area contributed by atoms with E-state index in [0.29, 0.717) is 37.2 Å². The first-order valence-electron chi connectivity index (χ1n) is 8.89. The highest BCUT2D eigenvalue weighted by Crippen LogP contribution is 2.15. The fourth-order valence-electron chi connectivity index (χ4n) is 2.88. The molecule has 1 saturated heterocycles. The number of ether oxygens (including phenoxy) is 1. The lowest BCUT2D eigenvalue weighted by molar-refractivity contribution is -0.147. The van der Waals surface area contributed by atoms with E-state index in [1.165, 1.54) is 0 Å². The number of carbonyl (C=O) groups is 3. The van der Waals surface area contributed by atoms with Gasteiger partial charge in [-0.3, -0.25) is 9.59 Å². The molecule has 0 bridgehead atoms. The van der Waals surface area contributed by atoms with Crippen LogP contribution in [0.5, 0.6) is 0 Å². The number of benzene rings is 1. The van der Waals surface area contributed by atoms with E-state index in [-0.39, 0.29) is 30.5 Å². The molecule has 1 aromatic carbocycles. The molecule has 2 amide bonds. The molecule has 1 heterocycles. The first-order chi connectivity index (χ1) is 13.3. The Morgan fingerprint density at radius 1 is 1.25 bits per heavy atom. The van der Waals surface area contributed by atoms with Crippen LogP contribution in [0.2, 0.25) is 0 Å². The molecule has 0 saturated carbocycles. The Labute approximate surface area is 162 Å². The van der Waals surface area contributed by atoms with Crippen LogP contribution in [0.1, 0.15) is 30.1 Å². The Balaban J connectivity index is 1.84. The third-order valence-corrected chi connectivity index (χ3v) is 4.30. The van der Waals surface area contributed by atoms with Gasteiger partial charge in [0.05, 0.1) is 11.8 Å². The molecule has 28 heavy (non-hydrogen) atoms. The van der Waals surface area contributed by atoms with Crippen molar-refractivity contribution in [2.24, 2.45) is 16.5 Å². The van der Waals surface area contributed by atoms with E-state index in [0.717, 1.165) is 0 Å². The fourth-order valence-corrected chi connectivity index (χ4v) is 2.88. The van der Waals surface area contributed by atoms with Crippen LogP contribution < -0.4 is 16.8 Å². The quantitative estimate of drug-likeness (QED) is 0.370. The maximum atomic E-state index is 12.5. The van der Waals surface area contributed by atoms with Gasteiger partial charge < -0.3 is 31.5 Å². The lowest BCUT2D eigenvalue weighted by Gasteiger charge is -2.33. The van der Waals surface area contributed by atoms with Gasteiger partial charge in [-0.2, -0.15) is 0 Å². The second-order valence-corrected chi connectivity index (χ2v) is 6.51. The molecule has 0 spiro atoms. The summed E-state index contributed by atoms with van der Waals surface area (Å²) in [5.74, 6) is -1.66. The topological polar surface area (TPSA) is 160 Å². The molecule has 1 aromatic rings. The number of carboxylic acid groups (broad SMARTS) is 1. The van der Waals surface area contributed by atoms with E-state index in [1.807, 2.05) is 0 Å². The average molecular weight is 391 g/mol. The highest BCUT2D eigenvalue weighted by Gasteiger charge is 2.27. The number of carbonyl (C=O) groups excluding carboxylic acids is 2. The molecule has 152 valence electrons. The van der Waals surface area contributed by atoms with E-state index < -0.39 is 12.0 Å². The molecular formula is C18H25N5O5. The Morgan fingerprint density at radius 2 is 1.86 bits per heavy atom. The smallest absolute Gasteiger partial charge is 0.329 e. The van der Waals surface area contributed by atoms with Crippen LogP contribution in [0.15, 0.2) is 29.3 Å². The lowest BCUT2D eigenvalue weighted by Crippen LogP contribution is -2.50. The van der Waals surface area contributed by atoms with Gasteiger partial charge in [-0.15, -0.1) is 0 Å². The van der Waals surface area contributed by atoms with Crippen molar-refractivity contribution in [3.8, 4) is 0 Å². The van der Waals surface area contributed by atoms with Crippen LogP contribution in [0.3, 0.4) is 0 Å². The van der Waals surface area contributed by atoms with Crippen molar-refractivity contribution in [2.45, 2.75) is 31.9 Å². The lowest BCUT2D eigenvalue weighted by atomic mass is 10.1. The highest BCUT2D eigenvalue weighted by molar-refractivity contribution is 5.97. The van der Waals surface area contributed by atoms with Crippen molar-refractivity contribution in [1.82, 2.24) is 10.2 Å². The summed E-state index contributed by atoms with van der Waals surface area (Å²) in [6.07, 6.45) is 0.950. The number of amides is 2. The van der Waals surface area contributed by atoms with Crippen LogP contribution in [0.25, 0.3) is 0 Å². The maximum Gasteiger partial charge on any atom is 0.329 e. The van der Waals surface area contributed by atoms with Crippen LogP contribution in [0.4, 0.5) is 5.69 Å². The third kappa shape index (κ3) is 6.23. The molecule has 1 aliphatic rings. The minimum Gasteiger partial charge on any atom is -0.480 e. The van der Waals surface area contributed by atoms with Crippen molar-refractivity contribution >= 4 is 29.4 Å². The van der Waals surface area contributed by atoms with E-state index >= 15 is 0 Å². The first-order valence-corrected chi connectivity index (χ1v) is 8.89. The largest absolute Gasteiger partial charge is 0.480 e. The van der Waals surface area contributed by atoms with Crippen LogP contribution in [-0.2, 0) is 14.3 Å². The number of likely N-dealkylation sites (tertiary alicyclic amines) is 1. The van der Waals surface area contributed by atoms with E-state index in [4.69, 9.17) is 21.3 Å². The first kappa shape index (κ1) is 21.2. The zero-order valence-corrected chi connectivity index (χ0v) is 15.6. The number of nitrogens with one attached hydrogen (secondary N) is 1. The van der Waals surface area contributed by atoms with Gasteiger partial charge in [0.15, 0.2) is 5.96 Å². The number of rotatable bonds is 7.